The predicted octanol–water partition coefficient (Wildman–Crippen LogP) is 1.75. The van der Waals surface area contributed by atoms with Gasteiger partial charge < -0.3 is 24.8 Å². The molecule has 154 valence electrons. The van der Waals surface area contributed by atoms with E-state index in [4.69, 9.17) is 14.2 Å². The molecule has 27 heavy (non-hydrogen) atoms. The Morgan fingerprint density at radius 3 is 2.56 bits per heavy atom. The fourth-order valence-corrected chi connectivity index (χ4v) is 2.83. The molecule has 1 saturated heterocycles. The molecule has 0 amide bonds. The molecule has 8 heteroatoms. The highest BCUT2D eigenvalue weighted by Gasteiger charge is 2.09. The van der Waals surface area contributed by atoms with Gasteiger partial charge in [-0.2, -0.15) is 0 Å². The summed E-state index contributed by atoms with van der Waals surface area (Å²) in [7, 11) is 3.30. The molecule has 0 unspecified atom stereocenters. The number of methoxy groups -OCH3 is 2. The van der Waals surface area contributed by atoms with E-state index in [1.165, 1.54) is 5.56 Å². The third-order valence-corrected chi connectivity index (χ3v) is 4.29. The number of guanidine groups is 1. The second-order valence-electron chi connectivity index (χ2n) is 6.08. The fraction of sp³-hybridized carbons (Fsp3) is 0.632. The molecule has 1 aromatic carbocycles. The fourth-order valence-electron chi connectivity index (χ4n) is 2.83. The number of aliphatic imine (C=N–C) groups is 1. The van der Waals surface area contributed by atoms with Crippen LogP contribution in [0.3, 0.4) is 0 Å². The van der Waals surface area contributed by atoms with Gasteiger partial charge >= 0.3 is 0 Å². The van der Waals surface area contributed by atoms with Crippen molar-refractivity contribution in [2.24, 2.45) is 4.99 Å². The van der Waals surface area contributed by atoms with Crippen LogP contribution in [0.15, 0.2) is 23.2 Å². The van der Waals surface area contributed by atoms with E-state index < -0.39 is 0 Å². The predicted molar refractivity (Wildman–Crippen MR) is 120 cm³/mol. The molecule has 0 spiro atoms. The van der Waals surface area contributed by atoms with Crippen molar-refractivity contribution in [1.29, 1.82) is 0 Å². The third kappa shape index (κ3) is 8.52. The molecule has 0 saturated carbocycles. The first-order valence-electron chi connectivity index (χ1n) is 9.30. The lowest BCUT2D eigenvalue weighted by Gasteiger charge is -2.25. The Balaban J connectivity index is 0.00000364. The molecule has 2 rings (SSSR count). The Bertz CT molecular complexity index is 566. The molecule has 0 aromatic heterocycles. The highest BCUT2D eigenvalue weighted by molar-refractivity contribution is 14.0. The zero-order chi connectivity index (χ0) is 18.6. The minimum Gasteiger partial charge on any atom is -0.493 e. The number of nitrogens with one attached hydrogen (secondary N) is 2. The molecular formula is C19H33IN4O3. The van der Waals surface area contributed by atoms with Crippen LogP contribution >= 0.6 is 24.0 Å². The van der Waals surface area contributed by atoms with Crippen LogP contribution in [0.5, 0.6) is 11.5 Å². The van der Waals surface area contributed by atoms with Crippen LogP contribution in [-0.4, -0.2) is 77.6 Å². The molecule has 2 N–H and O–H groups in total. The topological polar surface area (TPSA) is 67.4 Å². The van der Waals surface area contributed by atoms with Crippen molar-refractivity contribution in [2.45, 2.75) is 13.3 Å². The molecule has 1 aromatic rings. The van der Waals surface area contributed by atoms with Crippen molar-refractivity contribution in [3.63, 3.8) is 0 Å². The zero-order valence-corrected chi connectivity index (χ0v) is 19.0. The quantitative estimate of drug-likeness (QED) is 0.311. The van der Waals surface area contributed by atoms with E-state index in [1.807, 2.05) is 12.1 Å². The van der Waals surface area contributed by atoms with E-state index in [1.54, 1.807) is 14.2 Å². The molecule has 0 atom stereocenters. The van der Waals surface area contributed by atoms with Crippen LogP contribution in [0.2, 0.25) is 0 Å². The first-order valence-corrected chi connectivity index (χ1v) is 9.30. The van der Waals surface area contributed by atoms with Gasteiger partial charge in [0.05, 0.1) is 34.0 Å². The summed E-state index contributed by atoms with van der Waals surface area (Å²) in [5.74, 6) is 2.37. The molecule has 0 radical (unpaired) electrons. The summed E-state index contributed by atoms with van der Waals surface area (Å²) in [6.45, 7) is 9.13. The Morgan fingerprint density at radius 2 is 1.89 bits per heavy atom. The Kier molecular flexibility index (Phi) is 12.2. The Hall–Kier alpha value is -1.26. The first-order chi connectivity index (χ1) is 12.8. The van der Waals surface area contributed by atoms with E-state index in [2.05, 4.69) is 33.5 Å². The number of ether oxygens (including phenoxy) is 3. The molecular weight excluding hydrogens is 459 g/mol. The monoisotopic (exact) mass is 492 g/mol. The maximum atomic E-state index is 5.37. The van der Waals surface area contributed by atoms with E-state index in [0.717, 1.165) is 76.4 Å². The summed E-state index contributed by atoms with van der Waals surface area (Å²) in [5.41, 5.74) is 1.19. The van der Waals surface area contributed by atoms with Gasteiger partial charge in [-0.05, 0) is 31.0 Å². The van der Waals surface area contributed by atoms with Gasteiger partial charge in [-0.1, -0.05) is 6.07 Å². The number of halogens is 1. The highest BCUT2D eigenvalue weighted by Crippen LogP contribution is 2.27. The number of rotatable bonds is 9. The highest BCUT2D eigenvalue weighted by atomic mass is 127. The zero-order valence-electron chi connectivity index (χ0n) is 16.6. The van der Waals surface area contributed by atoms with Crippen molar-refractivity contribution in [3.8, 4) is 11.5 Å². The maximum Gasteiger partial charge on any atom is 0.191 e. The lowest BCUT2D eigenvalue weighted by molar-refractivity contribution is 0.0394. The van der Waals surface area contributed by atoms with Crippen molar-refractivity contribution in [1.82, 2.24) is 15.5 Å². The largest absolute Gasteiger partial charge is 0.493 e. The summed E-state index contributed by atoms with van der Waals surface area (Å²) >= 11 is 0. The second kappa shape index (κ2) is 13.8. The minimum absolute atomic E-state index is 0. The van der Waals surface area contributed by atoms with Crippen molar-refractivity contribution in [2.75, 3.05) is 66.7 Å². The molecule has 1 aliphatic heterocycles. The Labute approximate surface area is 179 Å². The molecule has 1 heterocycles. The van der Waals surface area contributed by atoms with Crippen LogP contribution in [0.1, 0.15) is 12.5 Å². The van der Waals surface area contributed by atoms with Crippen LogP contribution in [-0.2, 0) is 11.2 Å². The summed E-state index contributed by atoms with van der Waals surface area (Å²) in [6.07, 6.45) is 0.883. The molecule has 0 bridgehead atoms. The number of benzene rings is 1. The van der Waals surface area contributed by atoms with Gasteiger partial charge in [0.2, 0.25) is 0 Å². The SMILES string of the molecule is CCNC(=NCCN1CCOCC1)NCCc1ccc(OC)c(OC)c1.I. The smallest absolute Gasteiger partial charge is 0.191 e. The summed E-state index contributed by atoms with van der Waals surface area (Å²) in [4.78, 5) is 7.06. The normalized spacial score (nSPS) is 15.0. The third-order valence-electron chi connectivity index (χ3n) is 4.29. The number of nitrogens with zero attached hydrogens (tertiary/aromatic N) is 2. The van der Waals surface area contributed by atoms with Gasteiger partial charge in [-0.15, -0.1) is 24.0 Å². The first kappa shape index (κ1) is 23.8. The van der Waals surface area contributed by atoms with Crippen LogP contribution in [0.25, 0.3) is 0 Å². The average molecular weight is 492 g/mol. The van der Waals surface area contributed by atoms with Crippen molar-refractivity contribution >= 4 is 29.9 Å². The number of hydrogen-bond donors (Lipinski definition) is 2. The van der Waals surface area contributed by atoms with E-state index in [9.17, 15) is 0 Å². The second-order valence-corrected chi connectivity index (χ2v) is 6.08. The van der Waals surface area contributed by atoms with Crippen molar-refractivity contribution < 1.29 is 14.2 Å². The van der Waals surface area contributed by atoms with Gasteiger partial charge in [0.1, 0.15) is 0 Å². The van der Waals surface area contributed by atoms with Gasteiger partial charge in [-0.3, -0.25) is 9.89 Å². The van der Waals surface area contributed by atoms with Gasteiger partial charge in [0, 0.05) is 32.7 Å². The van der Waals surface area contributed by atoms with Gasteiger partial charge in [-0.25, -0.2) is 0 Å². The van der Waals surface area contributed by atoms with Gasteiger partial charge in [0.25, 0.3) is 0 Å². The molecule has 1 fully saturated rings. The summed E-state index contributed by atoms with van der Waals surface area (Å²) in [5, 5.41) is 6.69. The van der Waals surface area contributed by atoms with Gasteiger partial charge in [0.15, 0.2) is 17.5 Å². The summed E-state index contributed by atoms with van der Waals surface area (Å²) < 4.78 is 16.0. The molecule has 0 aliphatic carbocycles. The number of morpholine rings is 1. The minimum atomic E-state index is 0. The molecule has 7 nitrogen and oxygen atoms in total. The van der Waals surface area contributed by atoms with Crippen LogP contribution in [0.4, 0.5) is 0 Å². The Morgan fingerprint density at radius 1 is 1.15 bits per heavy atom. The van der Waals surface area contributed by atoms with E-state index >= 15 is 0 Å². The lowest BCUT2D eigenvalue weighted by Crippen LogP contribution is -2.40. The van der Waals surface area contributed by atoms with Crippen molar-refractivity contribution in [3.05, 3.63) is 23.8 Å². The van der Waals surface area contributed by atoms with Crippen LogP contribution < -0.4 is 20.1 Å². The number of hydrogen-bond acceptors (Lipinski definition) is 5. The van der Waals surface area contributed by atoms with E-state index in [-0.39, 0.29) is 24.0 Å². The van der Waals surface area contributed by atoms with E-state index in [0.29, 0.717) is 0 Å². The lowest BCUT2D eigenvalue weighted by atomic mass is 10.1. The standard InChI is InChI=1S/C19H32N4O3.HI/c1-4-20-19(22-9-10-23-11-13-26-14-12-23)21-8-7-16-5-6-17(24-2)18(15-16)25-3;/h5-6,15H,4,7-14H2,1-3H3,(H2,20,21,22);1H. The summed E-state index contributed by atoms with van der Waals surface area (Å²) in [6, 6.07) is 6.02. The maximum absolute atomic E-state index is 5.37. The average Bonchev–Trinajstić information content (AvgIpc) is 2.68. The van der Waals surface area contributed by atoms with Crippen LogP contribution in [0, 0.1) is 0 Å². The molecule has 1 aliphatic rings.